The van der Waals surface area contributed by atoms with Crippen molar-refractivity contribution in [1.82, 2.24) is 5.32 Å². The van der Waals surface area contributed by atoms with Gasteiger partial charge < -0.3 is 5.32 Å². The predicted octanol–water partition coefficient (Wildman–Crippen LogP) is 3.10. The molecule has 0 bridgehead atoms. The summed E-state index contributed by atoms with van der Waals surface area (Å²) in [7, 11) is 2.11. The third kappa shape index (κ3) is 2.07. The molecule has 2 rings (SSSR count). The van der Waals surface area contributed by atoms with E-state index >= 15 is 0 Å². The summed E-state index contributed by atoms with van der Waals surface area (Å²) in [5.41, 5.74) is 0.797. The third-order valence-electron chi connectivity index (χ3n) is 4.37. The molecule has 0 heterocycles. The molecular weight excluding hydrogens is 158 g/mol. The molecule has 0 amide bonds. The first-order chi connectivity index (χ1) is 6.35. The van der Waals surface area contributed by atoms with E-state index in [1.54, 1.807) is 0 Å². The van der Waals surface area contributed by atoms with Crippen LogP contribution in [0.1, 0.15) is 57.8 Å². The van der Waals surface area contributed by atoms with Crippen LogP contribution in [0.5, 0.6) is 0 Å². The molecule has 0 aromatic rings. The molecule has 2 aliphatic carbocycles. The highest BCUT2D eigenvalue weighted by Gasteiger charge is 2.35. The molecule has 0 unspecified atom stereocenters. The van der Waals surface area contributed by atoms with Crippen LogP contribution in [0.25, 0.3) is 0 Å². The van der Waals surface area contributed by atoms with E-state index in [1.165, 1.54) is 57.8 Å². The summed E-state index contributed by atoms with van der Waals surface area (Å²) in [6.45, 7) is 0. The highest BCUT2D eigenvalue weighted by Crippen LogP contribution is 2.47. The predicted molar refractivity (Wildman–Crippen MR) is 56.8 cm³/mol. The van der Waals surface area contributed by atoms with Gasteiger partial charge in [-0.2, -0.15) is 0 Å². The first-order valence-electron chi connectivity index (χ1n) is 6.02. The molecule has 2 aliphatic rings. The Labute approximate surface area is 82.3 Å². The maximum atomic E-state index is 3.43. The second-order valence-electron chi connectivity index (χ2n) is 5.12. The van der Waals surface area contributed by atoms with Gasteiger partial charge in [0.05, 0.1) is 0 Å². The molecule has 1 spiro atoms. The van der Waals surface area contributed by atoms with Crippen LogP contribution in [-0.4, -0.2) is 13.1 Å². The summed E-state index contributed by atoms with van der Waals surface area (Å²) < 4.78 is 0. The number of hydrogen-bond acceptors (Lipinski definition) is 1. The molecule has 76 valence electrons. The van der Waals surface area contributed by atoms with Crippen molar-refractivity contribution < 1.29 is 0 Å². The number of rotatable bonds is 1. The van der Waals surface area contributed by atoms with E-state index in [0.29, 0.717) is 0 Å². The van der Waals surface area contributed by atoms with Gasteiger partial charge >= 0.3 is 0 Å². The molecule has 0 aromatic carbocycles. The summed E-state index contributed by atoms with van der Waals surface area (Å²) in [5, 5.41) is 3.43. The average Bonchev–Trinajstić information content (AvgIpc) is 2.20. The zero-order valence-electron chi connectivity index (χ0n) is 8.94. The topological polar surface area (TPSA) is 12.0 Å². The lowest BCUT2D eigenvalue weighted by molar-refractivity contribution is 0.109. The molecule has 1 heteroatoms. The van der Waals surface area contributed by atoms with Crippen LogP contribution in [0.3, 0.4) is 0 Å². The van der Waals surface area contributed by atoms with Crippen molar-refractivity contribution in [3.05, 3.63) is 0 Å². The fourth-order valence-corrected chi connectivity index (χ4v) is 3.32. The van der Waals surface area contributed by atoms with Gasteiger partial charge in [-0.15, -0.1) is 0 Å². The Hall–Kier alpha value is -0.0400. The van der Waals surface area contributed by atoms with E-state index < -0.39 is 0 Å². The summed E-state index contributed by atoms with van der Waals surface area (Å²) in [6, 6.07) is 0.826. The van der Waals surface area contributed by atoms with Crippen LogP contribution >= 0.6 is 0 Å². The van der Waals surface area contributed by atoms with Crippen molar-refractivity contribution in [2.24, 2.45) is 5.41 Å². The number of hydrogen-bond donors (Lipinski definition) is 1. The quantitative estimate of drug-likeness (QED) is 0.655. The van der Waals surface area contributed by atoms with Gasteiger partial charge in [0, 0.05) is 6.04 Å². The normalized spacial score (nSPS) is 29.3. The molecule has 0 aliphatic heterocycles. The Morgan fingerprint density at radius 1 is 0.923 bits per heavy atom. The van der Waals surface area contributed by atoms with Gasteiger partial charge in [0.15, 0.2) is 0 Å². The van der Waals surface area contributed by atoms with Gasteiger partial charge in [-0.05, 0) is 51.0 Å². The highest BCUT2D eigenvalue weighted by molar-refractivity contribution is 4.89. The summed E-state index contributed by atoms with van der Waals surface area (Å²) in [5.74, 6) is 0. The van der Waals surface area contributed by atoms with Gasteiger partial charge in [0.1, 0.15) is 0 Å². The van der Waals surface area contributed by atoms with E-state index in [2.05, 4.69) is 12.4 Å². The zero-order chi connectivity index (χ0) is 9.15. The van der Waals surface area contributed by atoms with Crippen molar-refractivity contribution >= 4 is 0 Å². The lowest BCUT2D eigenvalue weighted by Gasteiger charge is -2.43. The van der Waals surface area contributed by atoms with Crippen LogP contribution in [0.4, 0.5) is 0 Å². The van der Waals surface area contributed by atoms with E-state index in [0.717, 1.165) is 11.5 Å². The second-order valence-corrected chi connectivity index (χ2v) is 5.12. The number of nitrogens with one attached hydrogen (secondary N) is 1. The van der Waals surface area contributed by atoms with Crippen molar-refractivity contribution in [3.8, 4) is 0 Å². The molecular formula is C12H23N. The fourth-order valence-electron chi connectivity index (χ4n) is 3.32. The van der Waals surface area contributed by atoms with E-state index in [-0.39, 0.29) is 0 Å². The molecule has 0 atom stereocenters. The lowest BCUT2D eigenvalue weighted by atomic mass is 9.64. The maximum Gasteiger partial charge on any atom is 0.00644 e. The summed E-state index contributed by atoms with van der Waals surface area (Å²) in [6.07, 6.45) is 13.4. The highest BCUT2D eigenvalue weighted by atomic mass is 14.9. The first-order valence-corrected chi connectivity index (χ1v) is 6.02. The van der Waals surface area contributed by atoms with Crippen LogP contribution in [-0.2, 0) is 0 Å². The van der Waals surface area contributed by atoms with Gasteiger partial charge in [0.2, 0.25) is 0 Å². The Bertz CT molecular complexity index is 149. The first kappa shape index (κ1) is 9.51. The minimum atomic E-state index is 0.797. The minimum Gasteiger partial charge on any atom is -0.317 e. The molecule has 0 aromatic heterocycles. The third-order valence-corrected chi connectivity index (χ3v) is 4.37. The molecule has 1 nitrogen and oxygen atoms in total. The molecule has 13 heavy (non-hydrogen) atoms. The van der Waals surface area contributed by atoms with Crippen molar-refractivity contribution in [2.45, 2.75) is 63.8 Å². The van der Waals surface area contributed by atoms with Crippen LogP contribution < -0.4 is 5.32 Å². The van der Waals surface area contributed by atoms with Gasteiger partial charge in [-0.1, -0.05) is 19.3 Å². The van der Waals surface area contributed by atoms with E-state index in [9.17, 15) is 0 Å². The fraction of sp³-hybridized carbons (Fsp3) is 1.00. The maximum absolute atomic E-state index is 3.43. The average molecular weight is 181 g/mol. The van der Waals surface area contributed by atoms with Crippen molar-refractivity contribution in [2.75, 3.05) is 7.05 Å². The molecule has 0 saturated heterocycles. The van der Waals surface area contributed by atoms with Crippen LogP contribution in [0.15, 0.2) is 0 Å². The Balaban J connectivity index is 1.87. The molecule has 2 fully saturated rings. The standard InChI is InChI=1S/C12H23N/c1-13-11-5-9-12(10-6-11)7-3-2-4-8-12/h11,13H,2-10H2,1H3. The van der Waals surface area contributed by atoms with Crippen LogP contribution in [0.2, 0.25) is 0 Å². The molecule has 2 saturated carbocycles. The largest absolute Gasteiger partial charge is 0.317 e. The summed E-state index contributed by atoms with van der Waals surface area (Å²) >= 11 is 0. The van der Waals surface area contributed by atoms with Gasteiger partial charge in [0.25, 0.3) is 0 Å². The second kappa shape index (κ2) is 4.00. The van der Waals surface area contributed by atoms with E-state index in [4.69, 9.17) is 0 Å². The summed E-state index contributed by atoms with van der Waals surface area (Å²) in [4.78, 5) is 0. The Morgan fingerprint density at radius 2 is 1.54 bits per heavy atom. The molecule has 0 radical (unpaired) electrons. The van der Waals surface area contributed by atoms with Crippen molar-refractivity contribution in [3.63, 3.8) is 0 Å². The SMILES string of the molecule is CNC1CCC2(CCCCC2)CC1. The zero-order valence-corrected chi connectivity index (χ0v) is 8.94. The van der Waals surface area contributed by atoms with Crippen LogP contribution in [0, 0.1) is 5.41 Å². The lowest BCUT2D eigenvalue weighted by Crippen LogP contribution is -2.36. The van der Waals surface area contributed by atoms with Gasteiger partial charge in [-0.25, -0.2) is 0 Å². The molecule has 1 N–H and O–H groups in total. The Kier molecular flexibility index (Phi) is 2.92. The minimum absolute atomic E-state index is 0.797. The van der Waals surface area contributed by atoms with Crippen molar-refractivity contribution in [1.29, 1.82) is 0 Å². The van der Waals surface area contributed by atoms with Gasteiger partial charge in [-0.3, -0.25) is 0 Å². The monoisotopic (exact) mass is 181 g/mol. The Morgan fingerprint density at radius 3 is 2.08 bits per heavy atom. The van der Waals surface area contributed by atoms with E-state index in [1.807, 2.05) is 0 Å². The smallest absolute Gasteiger partial charge is 0.00644 e.